The van der Waals surface area contributed by atoms with Gasteiger partial charge in [0.05, 0.1) is 4.90 Å². The van der Waals surface area contributed by atoms with Crippen LogP contribution in [0.2, 0.25) is 0 Å². The molecule has 0 spiro atoms. The number of carbonyl (C=O) groups excluding carboxylic acids is 1. The Morgan fingerprint density at radius 1 is 1.45 bits per heavy atom. The van der Waals surface area contributed by atoms with Crippen LogP contribution in [0, 0.1) is 5.82 Å². The fourth-order valence-electron chi connectivity index (χ4n) is 1.40. The third-order valence-corrected chi connectivity index (χ3v) is 3.35. The smallest absolute Gasteiger partial charge is 0.325 e. The van der Waals surface area contributed by atoms with Crippen LogP contribution in [-0.4, -0.2) is 37.1 Å². The summed E-state index contributed by atoms with van der Waals surface area (Å²) in [4.78, 5) is 22.0. The maximum absolute atomic E-state index is 13.8. The summed E-state index contributed by atoms with van der Waals surface area (Å²) in [6, 6.07) is 4.03. The summed E-state index contributed by atoms with van der Waals surface area (Å²) >= 11 is 0.887. The van der Waals surface area contributed by atoms with Gasteiger partial charge >= 0.3 is 5.97 Å². The quantitative estimate of drug-likeness (QED) is 0.829. The van der Waals surface area contributed by atoms with Crippen molar-refractivity contribution in [1.82, 2.24) is 20.2 Å². The summed E-state index contributed by atoms with van der Waals surface area (Å²) < 4.78 is 14.9. The van der Waals surface area contributed by atoms with Gasteiger partial charge in [-0.2, -0.15) is 0 Å². The zero-order valence-electron chi connectivity index (χ0n) is 10.3. The minimum absolute atomic E-state index is 0.155. The van der Waals surface area contributed by atoms with E-state index in [9.17, 15) is 14.0 Å². The van der Waals surface area contributed by atoms with E-state index in [1.165, 1.54) is 19.1 Å². The van der Waals surface area contributed by atoms with Gasteiger partial charge in [0.2, 0.25) is 5.16 Å². The van der Waals surface area contributed by atoms with Crippen molar-refractivity contribution in [2.45, 2.75) is 23.5 Å². The van der Waals surface area contributed by atoms with Gasteiger partial charge in [-0.25, -0.2) is 9.07 Å². The molecule has 0 aliphatic carbocycles. The van der Waals surface area contributed by atoms with Crippen molar-refractivity contribution in [3.8, 4) is 0 Å². The third kappa shape index (κ3) is 3.18. The molecule has 0 aliphatic heterocycles. The lowest BCUT2D eigenvalue weighted by Crippen LogP contribution is -2.11. The minimum Gasteiger partial charge on any atom is -0.480 e. The van der Waals surface area contributed by atoms with Crippen LogP contribution < -0.4 is 0 Å². The molecule has 0 aliphatic rings. The van der Waals surface area contributed by atoms with E-state index >= 15 is 0 Å². The molecule has 0 atom stereocenters. The predicted octanol–water partition coefficient (Wildman–Crippen LogP) is 1.25. The van der Waals surface area contributed by atoms with Crippen molar-refractivity contribution in [1.29, 1.82) is 0 Å². The molecule has 104 valence electrons. The summed E-state index contributed by atoms with van der Waals surface area (Å²) in [5.41, 5.74) is 0.261. The van der Waals surface area contributed by atoms with Crippen LogP contribution in [0.3, 0.4) is 0 Å². The van der Waals surface area contributed by atoms with Crippen LogP contribution in [0.1, 0.15) is 17.3 Å². The number of carboxylic acids is 1. The number of tetrazole rings is 1. The molecule has 0 radical (unpaired) electrons. The first-order valence-electron chi connectivity index (χ1n) is 5.43. The largest absolute Gasteiger partial charge is 0.480 e. The zero-order chi connectivity index (χ0) is 14.7. The lowest BCUT2D eigenvalue weighted by molar-refractivity contribution is -0.138. The lowest BCUT2D eigenvalue weighted by Gasteiger charge is -2.04. The number of benzene rings is 1. The fourth-order valence-corrected chi connectivity index (χ4v) is 2.17. The molecule has 0 fully saturated rings. The average Bonchev–Trinajstić information content (AvgIpc) is 2.78. The van der Waals surface area contributed by atoms with Crippen LogP contribution in [0.25, 0.3) is 0 Å². The minimum atomic E-state index is -1.11. The SMILES string of the molecule is CC(=O)c1ccc(Sc2nnnn2CC(=O)O)c(F)c1. The molecular weight excluding hydrogens is 287 g/mol. The zero-order valence-corrected chi connectivity index (χ0v) is 11.1. The van der Waals surface area contributed by atoms with Gasteiger partial charge in [-0.15, -0.1) is 5.10 Å². The van der Waals surface area contributed by atoms with E-state index in [0.717, 1.165) is 22.5 Å². The van der Waals surface area contributed by atoms with Crippen LogP contribution >= 0.6 is 11.8 Å². The van der Waals surface area contributed by atoms with Crippen LogP contribution in [0.15, 0.2) is 28.3 Å². The summed E-state index contributed by atoms with van der Waals surface area (Å²) in [5.74, 6) is -1.93. The van der Waals surface area contributed by atoms with E-state index in [1.54, 1.807) is 0 Å². The standard InChI is InChI=1S/C11H9FN4O3S/c1-6(17)7-2-3-9(8(12)4-7)20-11-13-14-15-16(11)5-10(18)19/h2-4H,5H2,1H3,(H,18,19). The number of nitrogens with zero attached hydrogens (tertiary/aromatic N) is 4. The molecule has 2 aromatic rings. The molecule has 0 unspecified atom stereocenters. The van der Waals surface area contributed by atoms with Crippen molar-refractivity contribution in [3.05, 3.63) is 29.6 Å². The van der Waals surface area contributed by atoms with Crippen LogP contribution in [-0.2, 0) is 11.3 Å². The molecule has 0 amide bonds. The molecule has 1 heterocycles. The number of halogens is 1. The first-order chi connectivity index (χ1) is 9.47. The topological polar surface area (TPSA) is 98.0 Å². The molecule has 7 nitrogen and oxygen atoms in total. The Morgan fingerprint density at radius 2 is 2.20 bits per heavy atom. The van der Waals surface area contributed by atoms with Crippen molar-refractivity contribution in [3.63, 3.8) is 0 Å². The molecular formula is C11H9FN4O3S. The third-order valence-electron chi connectivity index (χ3n) is 2.32. The Balaban J connectivity index is 2.24. The van der Waals surface area contributed by atoms with Gasteiger partial charge in [0.1, 0.15) is 12.4 Å². The summed E-state index contributed by atoms with van der Waals surface area (Å²) in [6.07, 6.45) is 0. The van der Waals surface area contributed by atoms with E-state index in [2.05, 4.69) is 15.5 Å². The summed E-state index contributed by atoms with van der Waals surface area (Å²) in [7, 11) is 0. The van der Waals surface area contributed by atoms with E-state index in [4.69, 9.17) is 5.11 Å². The molecule has 20 heavy (non-hydrogen) atoms. The van der Waals surface area contributed by atoms with E-state index in [-0.39, 0.29) is 21.4 Å². The molecule has 0 saturated heterocycles. The van der Waals surface area contributed by atoms with Crippen molar-refractivity contribution in [2.24, 2.45) is 0 Å². The highest BCUT2D eigenvalue weighted by atomic mass is 32.2. The van der Waals surface area contributed by atoms with E-state index in [0.29, 0.717) is 0 Å². The molecule has 1 N–H and O–H groups in total. The van der Waals surface area contributed by atoms with Crippen LogP contribution in [0.5, 0.6) is 0 Å². The Morgan fingerprint density at radius 3 is 2.80 bits per heavy atom. The van der Waals surface area contributed by atoms with Crippen LogP contribution in [0.4, 0.5) is 4.39 Å². The second-order valence-corrected chi connectivity index (χ2v) is 4.83. The number of ketones is 1. The molecule has 0 bridgehead atoms. The maximum Gasteiger partial charge on any atom is 0.325 e. The molecule has 2 rings (SSSR count). The fraction of sp³-hybridized carbons (Fsp3) is 0.182. The van der Waals surface area contributed by atoms with Crippen molar-refractivity contribution < 1.29 is 19.1 Å². The van der Waals surface area contributed by atoms with Crippen molar-refractivity contribution in [2.75, 3.05) is 0 Å². The number of carbonyl (C=O) groups is 2. The van der Waals surface area contributed by atoms with Gasteiger partial charge in [-0.3, -0.25) is 9.59 Å². The Labute approximate surface area is 116 Å². The van der Waals surface area contributed by atoms with Gasteiger partial charge in [0.15, 0.2) is 5.78 Å². The number of hydrogen-bond donors (Lipinski definition) is 1. The monoisotopic (exact) mass is 296 g/mol. The Bertz CT molecular complexity index is 673. The molecule has 0 saturated carbocycles. The maximum atomic E-state index is 13.8. The summed E-state index contributed by atoms with van der Waals surface area (Å²) in [5, 5.41) is 19.3. The van der Waals surface area contributed by atoms with Gasteiger partial charge in [-0.05, 0) is 41.2 Å². The second kappa shape index (κ2) is 5.78. The number of aromatic nitrogens is 4. The molecule has 1 aromatic heterocycles. The predicted molar refractivity (Wildman–Crippen MR) is 66.0 cm³/mol. The van der Waals surface area contributed by atoms with Gasteiger partial charge in [0, 0.05) is 5.56 Å². The number of Topliss-reactive ketones (excluding diaryl/α,β-unsaturated/α-hetero) is 1. The Hall–Kier alpha value is -2.29. The van der Waals surface area contributed by atoms with Crippen molar-refractivity contribution >= 4 is 23.5 Å². The van der Waals surface area contributed by atoms with E-state index in [1.807, 2.05) is 0 Å². The second-order valence-electron chi connectivity index (χ2n) is 3.82. The first-order valence-corrected chi connectivity index (χ1v) is 6.25. The van der Waals surface area contributed by atoms with E-state index < -0.39 is 18.3 Å². The lowest BCUT2D eigenvalue weighted by atomic mass is 10.1. The van der Waals surface area contributed by atoms with Gasteiger partial charge in [0.25, 0.3) is 0 Å². The molecule has 9 heteroatoms. The number of hydrogen-bond acceptors (Lipinski definition) is 6. The number of carboxylic acid groups (broad SMARTS) is 1. The van der Waals surface area contributed by atoms with Gasteiger partial charge < -0.3 is 5.11 Å². The number of aliphatic carboxylic acids is 1. The Kier molecular flexibility index (Phi) is 4.08. The highest BCUT2D eigenvalue weighted by Crippen LogP contribution is 2.28. The highest BCUT2D eigenvalue weighted by molar-refractivity contribution is 7.99. The number of rotatable bonds is 5. The average molecular weight is 296 g/mol. The highest BCUT2D eigenvalue weighted by Gasteiger charge is 2.14. The normalized spacial score (nSPS) is 10.5. The first kappa shape index (κ1) is 14.1. The van der Waals surface area contributed by atoms with Gasteiger partial charge in [-0.1, -0.05) is 6.07 Å². The molecule has 1 aromatic carbocycles. The summed E-state index contributed by atoms with van der Waals surface area (Å²) in [6.45, 7) is 0.928.